The lowest BCUT2D eigenvalue weighted by Gasteiger charge is -2.17. The summed E-state index contributed by atoms with van der Waals surface area (Å²) in [5.41, 5.74) is 2.78. The van der Waals surface area contributed by atoms with Crippen LogP contribution in [0.2, 0.25) is 0 Å². The minimum Gasteiger partial charge on any atom is -0.508 e. The van der Waals surface area contributed by atoms with Gasteiger partial charge >= 0.3 is 0 Å². The summed E-state index contributed by atoms with van der Waals surface area (Å²) in [6, 6.07) is 11.8. The van der Waals surface area contributed by atoms with Crippen molar-refractivity contribution in [3.63, 3.8) is 0 Å². The third kappa shape index (κ3) is 3.52. The molecule has 0 unspecified atom stereocenters. The van der Waals surface area contributed by atoms with Crippen molar-refractivity contribution < 1.29 is 14.3 Å². The summed E-state index contributed by atoms with van der Waals surface area (Å²) in [4.78, 5) is 14.3. The van der Waals surface area contributed by atoms with Crippen LogP contribution in [0.3, 0.4) is 0 Å². The first kappa shape index (κ1) is 15.5. The topological polar surface area (TPSA) is 40.5 Å². The van der Waals surface area contributed by atoms with E-state index in [1.165, 1.54) is 12.1 Å². The fourth-order valence-electron chi connectivity index (χ4n) is 3.11. The maximum Gasteiger partial charge on any atom is 0.227 e. The van der Waals surface area contributed by atoms with Crippen LogP contribution in [-0.4, -0.2) is 29.0 Å². The van der Waals surface area contributed by atoms with Crippen molar-refractivity contribution in [3.8, 4) is 5.75 Å². The average Bonchev–Trinajstić information content (AvgIpc) is 3.02. The number of benzene rings is 2. The van der Waals surface area contributed by atoms with E-state index in [-0.39, 0.29) is 23.4 Å². The first-order chi connectivity index (χ1) is 11.0. The van der Waals surface area contributed by atoms with Crippen molar-refractivity contribution in [1.82, 2.24) is 4.90 Å². The molecular weight excluding hydrogens is 293 g/mol. The van der Waals surface area contributed by atoms with Gasteiger partial charge in [0.25, 0.3) is 0 Å². The molecule has 1 aliphatic rings. The zero-order chi connectivity index (χ0) is 16.4. The SMILES string of the molecule is Cc1cc(CC(=O)N2CC[C@@H](c3ccc(F)cc3)C2)ccc1O. The van der Waals surface area contributed by atoms with Crippen molar-refractivity contribution in [3.05, 3.63) is 65.0 Å². The molecule has 2 aromatic carbocycles. The molecule has 1 N–H and O–H groups in total. The molecule has 1 fully saturated rings. The fourth-order valence-corrected chi connectivity index (χ4v) is 3.11. The standard InChI is InChI=1S/C19H20FNO2/c1-13-10-14(2-7-18(13)22)11-19(23)21-9-8-16(12-21)15-3-5-17(20)6-4-15/h2-7,10,16,22H,8-9,11-12H2,1H3/t16-/m1/s1. The van der Waals surface area contributed by atoms with Gasteiger partial charge in [0.1, 0.15) is 11.6 Å². The second kappa shape index (κ2) is 6.41. The van der Waals surface area contributed by atoms with E-state index in [9.17, 15) is 14.3 Å². The summed E-state index contributed by atoms with van der Waals surface area (Å²) >= 11 is 0. The Hall–Kier alpha value is -2.36. The van der Waals surface area contributed by atoms with Crippen LogP contribution in [-0.2, 0) is 11.2 Å². The molecule has 0 aliphatic carbocycles. The van der Waals surface area contributed by atoms with Crippen LogP contribution < -0.4 is 0 Å². The monoisotopic (exact) mass is 313 g/mol. The molecule has 4 heteroatoms. The first-order valence-electron chi connectivity index (χ1n) is 7.84. The molecule has 1 heterocycles. The summed E-state index contributed by atoms with van der Waals surface area (Å²) in [6.07, 6.45) is 1.25. The smallest absolute Gasteiger partial charge is 0.227 e. The van der Waals surface area contributed by atoms with Crippen LogP contribution >= 0.6 is 0 Å². The molecule has 120 valence electrons. The number of carbonyl (C=O) groups is 1. The Morgan fingerprint density at radius 2 is 2.00 bits per heavy atom. The summed E-state index contributed by atoms with van der Waals surface area (Å²) in [5.74, 6) is 0.391. The van der Waals surface area contributed by atoms with E-state index in [2.05, 4.69) is 0 Å². The van der Waals surface area contributed by atoms with Crippen LogP contribution in [0.1, 0.15) is 29.0 Å². The zero-order valence-electron chi connectivity index (χ0n) is 13.1. The van der Waals surface area contributed by atoms with Crippen LogP contribution in [0.4, 0.5) is 4.39 Å². The first-order valence-corrected chi connectivity index (χ1v) is 7.84. The Morgan fingerprint density at radius 3 is 2.70 bits per heavy atom. The highest BCUT2D eigenvalue weighted by Crippen LogP contribution is 2.28. The van der Waals surface area contributed by atoms with Gasteiger partial charge in [0.15, 0.2) is 0 Å². The van der Waals surface area contributed by atoms with E-state index in [4.69, 9.17) is 0 Å². The highest BCUT2D eigenvalue weighted by Gasteiger charge is 2.27. The van der Waals surface area contributed by atoms with Crippen molar-refractivity contribution in [2.45, 2.75) is 25.7 Å². The van der Waals surface area contributed by atoms with Crippen molar-refractivity contribution in [2.75, 3.05) is 13.1 Å². The molecule has 2 aromatic rings. The zero-order valence-corrected chi connectivity index (χ0v) is 13.1. The van der Waals surface area contributed by atoms with Gasteiger partial charge in [-0.2, -0.15) is 0 Å². The number of carbonyl (C=O) groups excluding carboxylic acids is 1. The second-order valence-electron chi connectivity index (χ2n) is 6.17. The molecule has 23 heavy (non-hydrogen) atoms. The molecule has 1 saturated heterocycles. The molecule has 0 aromatic heterocycles. The lowest BCUT2D eigenvalue weighted by atomic mass is 9.98. The normalized spacial score (nSPS) is 17.5. The molecule has 3 rings (SSSR count). The summed E-state index contributed by atoms with van der Waals surface area (Å²) in [5, 5.41) is 9.55. The molecule has 0 radical (unpaired) electrons. The van der Waals surface area contributed by atoms with Crippen molar-refractivity contribution >= 4 is 5.91 Å². The van der Waals surface area contributed by atoms with E-state index >= 15 is 0 Å². The van der Waals surface area contributed by atoms with Gasteiger partial charge in [-0.25, -0.2) is 4.39 Å². The summed E-state index contributed by atoms with van der Waals surface area (Å²) in [6.45, 7) is 3.24. The number of hydrogen-bond donors (Lipinski definition) is 1. The van der Waals surface area contributed by atoms with Gasteiger partial charge in [-0.05, 0) is 48.2 Å². The minimum atomic E-state index is -0.234. The highest BCUT2D eigenvalue weighted by atomic mass is 19.1. The van der Waals surface area contributed by atoms with Crippen LogP contribution in [0, 0.1) is 12.7 Å². The lowest BCUT2D eigenvalue weighted by Crippen LogP contribution is -2.29. The highest BCUT2D eigenvalue weighted by molar-refractivity contribution is 5.79. The molecule has 1 aliphatic heterocycles. The number of aryl methyl sites for hydroxylation is 1. The quantitative estimate of drug-likeness (QED) is 0.943. The Balaban J connectivity index is 1.63. The number of nitrogens with zero attached hydrogens (tertiary/aromatic N) is 1. The number of hydrogen-bond acceptors (Lipinski definition) is 2. The largest absolute Gasteiger partial charge is 0.508 e. The molecule has 0 spiro atoms. The maximum atomic E-state index is 13.0. The van der Waals surface area contributed by atoms with Crippen LogP contribution in [0.25, 0.3) is 0 Å². The molecule has 0 bridgehead atoms. The number of likely N-dealkylation sites (tertiary alicyclic amines) is 1. The Morgan fingerprint density at radius 1 is 1.26 bits per heavy atom. The minimum absolute atomic E-state index is 0.0969. The van der Waals surface area contributed by atoms with E-state index in [0.717, 1.165) is 29.7 Å². The predicted molar refractivity (Wildman–Crippen MR) is 86.9 cm³/mol. The molecule has 0 saturated carbocycles. The predicted octanol–water partition coefficient (Wildman–Crippen LogP) is 3.40. The average molecular weight is 313 g/mol. The van der Waals surface area contributed by atoms with Gasteiger partial charge in [0.2, 0.25) is 5.91 Å². The second-order valence-corrected chi connectivity index (χ2v) is 6.17. The summed E-state index contributed by atoms with van der Waals surface area (Å²) in [7, 11) is 0. The Bertz CT molecular complexity index is 712. The number of amides is 1. The Labute approximate surface area is 135 Å². The van der Waals surface area contributed by atoms with E-state index in [1.807, 2.05) is 17.9 Å². The third-order valence-corrected chi connectivity index (χ3v) is 4.50. The van der Waals surface area contributed by atoms with E-state index in [0.29, 0.717) is 13.0 Å². The van der Waals surface area contributed by atoms with Gasteiger partial charge in [0, 0.05) is 19.0 Å². The van der Waals surface area contributed by atoms with Crippen LogP contribution in [0.15, 0.2) is 42.5 Å². The van der Waals surface area contributed by atoms with E-state index in [1.54, 1.807) is 24.3 Å². The molecule has 3 nitrogen and oxygen atoms in total. The molecule has 1 atom stereocenters. The number of aromatic hydroxyl groups is 1. The third-order valence-electron chi connectivity index (χ3n) is 4.50. The van der Waals surface area contributed by atoms with Gasteiger partial charge in [-0.1, -0.05) is 24.3 Å². The maximum absolute atomic E-state index is 13.0. The lowest BCUT2D eigenvalue weighted by molar-refractivity contribution is -0.129. The number of rotatable bonds is 3. The number of phenolic OH excluding ortho intramolecular Hbond substituents is 1. The van der Waals surface area contributed by atoms with Crippen molar-refractivity contribution in [2.24, 2.45) is 0 Å². The van der Waals surface area contributed by atoms with Gasteiger partial charge in [-0.3, -0.25) is 4.79 Å². The van der Waals surface area contributed by atoms with E-state index < -0.39 is 0 Å². The number of phenols is 1. The summed E-state index contributed by atoms with van der Waals surface area (Å²) < 4.78 is 13.0. The number of halogens is 1. The fraction of sp³-hybridized carbons (Fsp3) is 0.316. The molecular formula is C19H20FNO2. The van der Waals surface area contributed by atoms with Gasteiger partial charge in [-0.15, -0.1) is 0 Å². The Kier molecular flexibility index (Phi) is 4.33. The van der Waals surface area contributed by atoms with Gasteiger partial charge < -0.3 is 10.0 Å². The van der Waals surface area contributed by atoms with Crippen molar-refractivity contribution in [1.29, 1.82) is 0 Å². The van der Waals surface area contributed by atoms with Gasteiger partial charge in [0.05, 0.1) is 6.42 Å². The van der Waals surface area contributed by atoms with Crippen LogP contribution in [0.5, 0.6) is 5.75 Å². The molecule has 1 amide bonds.